The second-order valence-electron chi connectivity index (χ2n) is 4.98. The standard InChI is InChI=1S/C19H14BrNO/c20-16-10-8-14(9-11-16)19(22)13-15-5-1-2-6-17(15)18-7-3-4-12-21-18/h1-12H,13H2. The molecular weight excluding hydrogens is 338 g/mol. The highest BCUT2D eigenvalue weighted by Gasteiger charge is 2.11. The summed E-state index contributed by atoms with van der Waals surface area (Å²) in [6, 6.07) is 21.2. The third-order valence-corrected chi connectivity index (χ3v) is 4.00. The van der Waals surface area contributed by atoms with Crippen LogP contribution in [0.15, 0.2) is 77.4 Å². The van der Waals surface area contributed by atoms with E-state index in [2.05, 4.69) is 20.9 Å². The summed E-state index contributed by atoms with van der Waals surface area (Å²) < 4.78 is 0.970. The number of benzene rings is 2. The summed E-state index contributed by atoms with van der Waals surface area (Å²) in [6.07, 6.45) is 2.14. The van der Waals surface area contributed by atoms with Gasteiger partial charge in [0.25, 0.3) is 0 Å². The first-order valence-corrected chi connectivity index (χ1v) is 7.81. The van der Waals surface area contributed by atoms with E-state index < -0.39 is 0 Å². The maximum absolute atomic E-state index is 12.5. The lowest BCUT2D eigenvalue weighted by Crippen LogP contribution is -2.04. The monoisotopic (exact) mass is 351 g/mol. The van der Waals surface area contributed by atoms with Crippen molar-refractivity contribution in [1.29, 1.82) is 0 Å². The van der Waals surface area contributed by atoms with Crippen LogP contribution in [-0.2, 0) is 6.42 Å². The molecule has 22 heavy (non-hydrogen) atoms. The van der Waals surface area contributed by atoms with Gasteiger partial charge < -0.3 is 0 Å². The maximum Gasteiger partial charge on any atom is 0.167 e. The molecule has 0 aliphatic rings. The molecule has 1 heterocycles. The number of hydrogen-bond donors (Lipinski definition) is 0. The van der Waals surface area contributed by atoms with E-state index in [9.17, 15) is 4.79 Å². The summed E-state index contributed by atoms with van der Waals surface area (Å²) in [4.78, 5) is 16.9. The van der Waals surface area contributed by atoms with Crippen molar-refractivity contribution in [2.75, 3.05) is 0 Å². The van der Waals surface area contributed by atoms with Crippen molar-refractivity contribution in [3.63, 3.8) is 0 Å². The van der Waals surface area contributed by atoms with Gasteiger partial charge in [0.15, 0.2) is 5.78 Å². The maximum atomic E-state index is 12.5. The molecule has 0 spiro atoms. The number of carbonyl (C=O) groups is 1. The van der Waals surface area contributed by atoms with Crippen molar-refractivity contribution in [2.45, 2.75) is 6.42 Å². The normalized spacial score (nSPS) is 10.4. The summed E-state index contributed by atoms with van der Waals surface area (Å²) in [7, 11) is 0. The van der Waals surface area contributed by atoms with Gasteiger partial charge in [-0.25, -0.2) is 0 Å². The molecule has 0 aliphatic carbocycles. The Labute approximate surface area is 138 Å². The van der Waals surface area contributed by atoms with Crippen molar-refractivity contribution >= 4 is 21.7 Å². The van der Waals surface area contributed by atoms with E-state index in [1.807, 2.05) is 66.7 Å². The number of nitrogens with zero attached hydrogens (tertiary/aromatic N) is 1. The van der Waals surface area contributed by atoms with Gasteiger partial charge in [0.05, 0.1) is 5.69 Å². The van der Waals surface area contributed by atoms with Crippen LogP contribution < -0.4 is 0 Å². The van der Waals surface area contributed by atoms with Crippen LogP contribution in [0.1, 0.15) is 15.9 Å². The van der Waals surface area contributed by atoms with Gasteiger partial charge in [-0.05, 0) is 29.8 Å². The molecule has 0 aliphatic heterocycles. The number of ketones is 1. The Kier molecular flexibility index (Phi) is 4.45. The second kappa shape index (κ2) is 6.67. The van der Waals surface area contributed by atoms with E-state index in [-0.39, 0.29) is 5.78 Å². The molecule has 0 radical (unpaired) electrons. The lowest BCUT2D eigenvalue weighted by molar-refractivity contribution is 0.0993. The quantitative estimate of drug-likeness (QED) is 0.623. The fourth-order valence-corrected chi connectivity index (χ4v) is 2.62. The molecule has 0 saturated carbocycles. The zero-order valence-corrected chi connectivity index (χ0v) is 13.5. The van der Waals surface area contributed by atoms with Crippen molar-refractivity contribution < 1.29 is 4.79 Å². The minimum atomic E-state index is 0.107. The Bertz CT molecular complexity index is 782. The van der Waals surface area contributed by atoms with Crippen LogP contribution in [0.25, 0.3) is 11.3 Å². The van der Waals surface area contributed by atoms with E-state index in [0.717, 1.165) is 26.9 Å². The molecule has 1 aromatic heterocycles. The summed E-state index contributed by atoms with van der Waals surface area (Å²) in [5, 5.41) is 0. The number of Topliss-reactive ketones (excluding diaryl/α,β-unsaturated/α-hetero) is 1. The Hall–Kier alpha value is -2.26. The van der Waals surface area contributed by atoms with Crippen LogP contribution >= 0.6 is 15.9 Å². The molecule has 0 bridgehead atoms. The van der Waals surface area contributed by atoms with Crippen LogP contribution in [0.5, 0.6) is 0 Å². The van der Waals surface area contributed by atoms with E-state index in [1.165, 1.54) is 0 Å². The first-order valence-electron chi connectivity index (χ1n) is 7.02. The number of halogens is 1. The SMILES string of the molecule is O=C(Cc1ccccc1-c1ccccn1)c1ccc(Br)cc1. The van der Waals surface area contributed by atoms with Crippen molar-refractivity contribution in [3.8, 4) is 11.3 Å². The highest BCUT2D eigenvalue weighted by atomic mass is 79.9. The minimum Gasteiger partial charge on any atom is -0.294 e. The molecule has 0 fully saturated rings. The van der Waals surface area contributed by atoms with Gasteiger partial charge in [-0.2, -0.15) is 0 Å². The number of rotatable bonds is 4. The Morgan fingerprint density at radius 1 is 0.909 bits per heavy atom. The largest absolute Gasteiger partial charge is 0.294 e. The van der Waals surface area contributed by atoms with Crippen LogP contribution in [0.3, 0.4) is 0 Å². The Balaban J connectivity index is 1.90. The van der Waals surface area contributed by atoms with Gasteiger partial charge in [0, 0.05) is 28.2 Å². The molecule has 3 rings (SSSR count). The topological polar surface area (TPSA) is 30.0 Å². The highest BCUT2D eigenvalue weighted by Crippen LogP contribution is 2.23. The summed E-state index contributed by atoms with van der Waals surface area (Å²) in [5.41, 5.74) is 3.61. The predicted octanol–water partition coefficient (Wildman–Crippen LogP) is 4.94. The summed E-state index contributed by atoms with van der Waals surface area (Å²) in [6.45, 7) is 0. The molecule has 0 saturated heterocycles. The number of hydrogen-bond acceptors (Lipinski definition) is 2. The molecule has 0 atom stereocenters. The smallest absolute Gasteiger partial charge is 0.167 e. The molecule has 0 amide bonds. The lowest BCUT2D eigenvalue weighted by atomic mass is 9.97. The van der Waals surface area contributed by atoms with Crippen molar-refractivity contribution in [1.82, 2.24) is 4.98 Å². The fraction of sp³-hybridized carbons (Fsp3) is 0.0526. The molecular formula is C19H14BrNO. The molecule has 0 unspecified atom stereocenters. The van der Waals surface area contributed by atoms with Crippen molar-refractivity contribution in [3.05, 3.63) is 88.5 Å². The fourth-order valence-electron chi connectivity index (χ4n) is 2.36. The number of carbonyl (C=O) groups excluding carboxylic acids is 1. The third kappa shape index (κ3) is 3.31. The minimum absolute atomic E-state index is 0.107. The summed E-state index contributed by atoms with van der Waals surface area (Å²) >= 11 is 3.38. The van der Waals surface area contributed by atoms with Crippen LogP contribution in [-0.4, -0.2) is 10.8 Å². The second-order valence-corrected chi connectivity index (χ2v) is 5.89. The molecule has 2 nitrogen and oxygen atoms in total. The summed E-state index contributed by atoms with van der Waals surface area (Å²) in [5.74, 6) is 0.107. The predicted molar refractivity (Wildman–Crippen MR) is 91.8 cm³/mol. The van der Waals surface area contributed by atoms with Gasteiger partial charge in [-0.15, -0.1) is 0 Å². The van der Waals surface area contributed by atoms with Gasteiger partial charge in [0.2, 0.25) is 0 Å². The molecule has 3 aromatic rings. The average molecular weight is 352 g/mol. The van der Waals surface area contributed by atoms with Gasteiger partial charge in [-0.3, -0.25) is 9.78 Å². The molecule has 108 valence electrons. The van der Waals surface area contributed by atoms with E-state index in [0.29, 0.717) is 6.42 Å². The average Bonchev–Trinajstić information content (AvgIpc) is 2.57. The van der Waals surface area contributed by atoms with Crippen LogP contribution in [0.2, 0.25) is 0 Å². The van der Waals surface area contributed by atoms with E-state index >= 15 is 0 Å². The van der Waals surface area contributed by atoms with E-state index in [4.69, 9.17) is 0 Å². The van der Waals surface area contributed by atoms with Gasteiger partial charge in [-0.1, -0.05) is 58.4 Å². The third-order valence-electron chi connectivity index (χ3n) is 3.48. The van der Waals surface area contributed by atoms with Crippen molar-refractivity contribution in [2.24, 2.45) is 0 Å². The Morgan fingerprint density at radius 2 is 1.64 bits per heavy atom. The molecule has 3 heteroatoms. The zero-order valence-electron chi connectivity index (χ0n) is 11.9. The van der Waals surface area contributed by atoms with Crippen LogP contribution in [0.4, 0.5) is 0 Å². The highest BCUT2D eigenvalue weighted by molar-refractivity contribution is 9.10. The lowest BCUT2D eigenvalue weighted by Gasteiger charge is -2.08. The number of aromatic nitrogens is 1. The van der Waals surface area contributed by atoms with E-state index in [1.54, 1.807) is 6.20 Å². The molecule has 0 N–H and O–H groups in total. The zero-order chi connectivity index (χ0) is 15.4. The first kappa shape index (κ1) is 14.7. The van der Waals surface area contributed by atoms with Gasteiger partial charge in [0.1, 0.15) is 0 Å². The van der Waals surface area contributed by atoms with Gasteiger partial charge >= 0.3 is 0 Å². The first-order chi connectivity index (χ1) is 10.7. The molecule has 2 aromatic carbocycles. The van der Waals surface area contributed by atoms with Crippen LogP contribution in [0, 0.1) is 0 Å². The Morgan fingerprint density at radius 3 is 2.36 bits per heavy atom. The number of pyridine rings is 1.